The quantitative estimate of drug-likeness (QED) is 0.111. The minimum atomic E-state index is -0.603. The molecule has 0 spiro atoms. The molecule has 53 heavy (non-hydrogen) atoms. The standard InChI is InChI=1S/C21H32N2O5S.C19H27NO4/c1-8-27-19(25)16(12-29-14(4)24)18(13(2)3)15-9-10-17(22-11-15)23-20(26)28-21(5,6)7;1-8-23-17(21)13(4)16(12(2)3)14-9-10-15(20-11-14)18(22)24-19(5,6)7/h9-11,13,16,18H,8,12H2,1-7H3,(H,22,23,26);9-12,16H,4,8H2,1-3,5-7H3. The summed E-state index contributed by atoms with van der Waals surface area (Å²) in [5.74, 6) is -1.13. The number of ether oxygens (including phenoxy) is 4. The maximum atomic E-state index is 12.6. The highest BCUT2D eigenvalue weighted by Crippen LogP contribution is 2.36. The number of aromatic nitrogens is 2. The molecule has 1 N–H and O–H groups in total. The second kappa shape index (κ2) is 21.4. The molecule has 1 amide bonds. The van der Waals surface area contributed by atoms with Crippen LogP contribution in [0.5, 0.6) is 0 Å². The molecule has 2 aromatic heterocycles. The lowest BCUT2D eigenvalue weighted by atomic mass is 9.79. The summed E-state index contributed by atoms with van der Waals surface area (Å²) in [6, 6.07) is 6.89. The summed E-state index contributed by atoms with van der Waals surface area (Å²) in [5, 5.41) is 2.55. The van der Waals surface area contributed by atoms with Gasteiger partial charge in [-0.1, -0.05) is 58.2 Å². The van der Waals surface area contributed by atoms with Gasteiger partial charge in [0.15, 0.2) is 5.12 Å². The summed E-state index contributed by atoms with van der Waals surface area (Å²) in [6.45, 7) is 28.2. The Balaban J connectivity index is 0.000000540. The van der Waals surface area contributed by atoms with Crippen molar-refractivity contribution < 1.29 is 42.9 Å². The minimum absolute atomic E-state index is 0.0446. The molecule has 0 aliphatic heterocycles. The zero-order chi connectivity index (χ0) is 40.7. The Hall–Kier alpha value is -4.26. The topological polar surface area (TPSA) is 160 Å². The van der Waals surface area contributed by atoms with Gasteiger partial charge < -0.3 is 18.9 Å². The Morgan fingerprint density at radius 2 is 1.36 bits per heavy atom. The lowest BCUT2D eigenvalue weighted by Gasteiger charge is -2.28. The van der Waals surface area contributed by atoms with Gasteiger partial charge in [-0.25, -0.2) is 24.4 Å². The molecule has 294 valence electrons. The number of rotatable bonds is 14. The number of nitrogens with zero attached hydrogens (tertiary/aromatic N) is 2. The van der Waals surface area contributed by atoms with Gasteiger partial charge >= 0.3 is 24.0 Å². The van der Waals surface area contributed by atoms with Crippen molar-refractivity contribution >= 4 is 46.7 Å². The van der Waals surface area contributed by atoms with Crippen molar-refractivity contribution in [3.05, 3.63) is 65.6 Å². The van der Waals surface area contributed by atoms with Gasteiger partial charge in [0.2, 0.25) is 0 Å². The number of anilines is 1. The van der Waals surface area contributed by atoms with Crippen molar-refractivity contribution in [2.45, 2.75) is 113 Å². The number of carbonyl (C=O) groups is 5. The van der Waals surface area contributed by atoms with E-state index in [2.05, 4.69) is 21.9 Å². The Morgan fingerprint density at radius 1 is 0.792 bits per heavy atom. The predicted molar refractivity (Wildman–Crippen MR) is 208 cm³/mol. The maximum absolute atomic E-state index is 12.6. The molecule has 0 aliphatic carbocycles. The van der Waals surface area contributed by atoms with Crippen molar-refractivity contribution in [2.24, 2.45) is 17.8 Å². The highest BCUT2D eigenvalue weighted by atomic mass is 32.2. The number of hydrogen-bond donors (Lipinski definition) is 1. The SMILES string of the molecule is C=C(C(=O)OCC)C(c1ccc(C(=O)OC(C)(C)C)nc1)C(C)C.CCOC(=O)C(CSC(C)=O)C(c1ccc(NC(=O)OC(C)(C)C)nc1)C(C)C. The fraction of sp³-hybridized carbons (Fsp3) is 0.575. The molecule has 2 heterocycles. The van der Waals surface area contributed by atoms with Gasteiger partial charge in [0.25, 0.3) is 0 Å². The second-order valence-corrected chi connectivity index (χ2v) is 16.2. The van der Waals surface area contributed by atoms with E-state index in [-0.39, 0.29) is 47.1 Å². The first kappa shape index (κ1) is 46.8. The highest BCUT2D eigenvalue weighted by molar-refractivity contribution is 8.13. The van der Waals surface area contributed by atoms with Crippen molar-refractivity contribution in [3.8, 4) is 0 Å². The Bertz CT molecular complexity index is 1530. The number of esters is 3. The fourth-order valence-electron chi connectivity index (χ4n) is 5.32. The molecule has 2 aromatic rings. The van der Waals surface area contributed by atoms with Crippen molar-refractivity contribution in [1.82, 2.24) is 9.97 Å². The van der Waals surface area contributed by atoms with E-state index in [0.29, 0.717) is 23.8 Å². The molecule has 0 aliphatic rings. The van der Waals surface area contributed by atoms with Crippen LogP contribution < -0.4 is 5.32 Å². The highest BCUT2D eigenvalue weighted by Gasteiger charge is 2.34. The van der Waals surface area contributed by atoms with Crippen LogP contribution in [0.25, 0.3) is 0 Å². The van der Waals surface area contributed by atoms with Crippen LogP contribution in [0.15, 0.2) is 48.8 Å². The van der Waals surface area contributed by atoms with E-state index in [1.54, 1.807) is 86.0 Å². The molecule has 12 nitrogen and oxygen atoms in total. The molecule has 0 fully saturated rings. The van der Waals surface area contributed by atoms with Crippen LogP contribution in [0.3, 0.4) is 0 Å². The molecule has 0 saturated carbocycles. The van der Waals surface area contributed by atoms with Gasteiger partial charge in [-0.3, -0.25) is 14.9 Å². The summed E-state index contributed by atoms with van der Waals surface area (Å²) in [6.07, 6.45) is 2.65. The van der Waals surface area contributed by atoms with Gasteiger partial charge in [0, 0.05) is 42.5 Å². The molecule has 2 rings (SSSR count). The number of thioether (sulfide) groups is 1. The molecule has 3 unspecified atom stereocenters. The summed E-state index contributed by atoms with van der Waals surface area (Å²) in [7, 11) is 0. The molecule has 0 aromatic carbocycles. The molecule has 0 bridgehead atoms. The molecular formula is C40H59N3O9S. The van der Waals surface area contributed by atoms with Gasteiger partial charge in [-0.2, -0.15) is 0 Å². The van der Waals surface area contributed by atoms with Crippen molar-refractivity contribution in [3.63, 3.8) is 0 Å². The fourth-order valence-corrected chi connectivity index (χ4v) is 6.08. The third-order valence-electron chi connectivity index (χ3n) is 7.34. The molecular weight excluding hydrogens is 699 g/mol. The number of hydrogen-bond acceptors (Lipinski definition) is 12. The smallest absolute Gasteiger partial charge is 0.413 e. The Kier molecular flexibility index (Phi) is 18.9. The first-order chi connectivity index (χ1) is 24.5. The molecule has 0 radical (unpaired) electrons. The maximum Gasteiger partial charge on any atom is 0.413 e. The first-order valence-corrected chi connectivity index (χ1v) is 18.8. The number of amides is 1. The zero-order valence-electron chi connectivity index (χ0n) is 33.7. The van der Waals surface area contributed by atoms with Crippen LogP contribution in [-0.4, -0.2) is 69.3 Å². The van der Waals surface area contributed by atoms with E-state index in [1.807, 2.05) is 33.8 Å². The van der Waals surface area contributed by atoms with Crippen molar-refractivity contribution in [2.75, 3.05) is 24.3 Å². The minimum Gasteiger partial charge on any atom is -0.466 e. The van der Waals surface area contributed by atoms with Crippen LogP contribution >= 0.6 is 11.8 Å². The third kappa shape index (κ3) is 17.0. The Morgan fingerprint density at radius 3 is 1.79 bits per heavy atom. The van der Waals surface area contributed by atoms with Gasteiger partial charge in [-0.05, 0) is 90.5 Å². The summed E-state index contributed by atoms with van der Waals surface area (Å²) < 4.78 is 20.8. The average molecular weight is 758 g/mol. The van der Waals surface area contributed by atoms with E-state index in [4.69, 9.17) is 18.9 Å². The summed E-state index contributed by atoms with van der Waals surface area (Å²) in [4.78, 5) is 68.4. The van der Waals surface area contributed by atoms with E-state index < -0.39 is 35.2 Å². The number of carbonyl (C=O) groups excluding carboxylic acids is 5. The Labute approximate surface area is 319 Å². The van der Waals surface area contributed by atoms with Crippen LogP contribution in [0, 0.1) is 17.8 Å². The third-order valence-corrected chi connectivity index (χ3v) is 8.27. The van der Waals surface area contributed by atoms with Crippen LogP contribution in [0.2, 0.25) is 0 Å². The van der Waals surface area contributed by atoms with E-state index in [9.17, 15) is 24.0 Å². The van der Waals surface area contributed by atoms with Gasteiger partial charge in [-0.15, -0.1) is 0 Å². The first-order valence-electron chi connectivity index (χ1n) is 17.8. The average Bonchev–Trinajstić information content (AvgIpc) is 3.02. The monoisotopic (exact) mass is 757 g/mol. The van der Waals surface area contributed by atoms with Crippen molar-refractivity contribution in [1.29, 1.82) is 0 Å². The molecule has 13 heteroatoms. The lowest BCUT2D eigenvalue weighted by Crippen LogP contribution is -2.30. The van der Waals surface area contributed by atoms with E-state index in [0.717, 1.165) is 22.9 Å². The normalized spacial score (nSPS) is 13.1. The number of nitrogens with one attached hydrogen (secondary N) is 1. The number of pyridine rings is 2. The van der Waals surface area contributed by atoms with Crippen LogP contribution in [-0.2, 0) is 33.3 Å². The van der Waals surface area contributed by atoms with Crippen LogP contribution in [0.1, 0.15) is 123 Å². The zero-order valence-corrected chi connectivity index (χ0v) is 34.5. The molecule has 3 atom stereocenters. The van der Waals surface area contributed by atoms with E-state index in [1.165, 1.54) is 6.92 Å². The second-order valence-electron chi connectivity index (χ2n) is 15.0. The largest absolute Gasteiger partial charge is 0.466 e. The summed E-state index contributed by atoms with van der Waals surface area (Å²) >= 11 is 1.12. The summed E-state index contributed by atoms with van der Waals surface area (Å²) in [5.41, 5.74) is 1.10. The van der Waals surface area contributed by atoms with E-state index >= 15 is 0 Å². The van der Waals surface area contributed by atoms with Gasteiger partial charge in [0.1, 0.15) is 22.7 Å². The predicted octanol–water partition coefficient (Wildman–Crippen LogP) is 8.52. The van der Waals surface area contributed by atoms with Gasteiger partial charge in [0.05, 0.1) is 19.1 Å². The molecule has 0 saturated heterocycles. The lowest BCUT2D eigenvalue weighted by molar-refractivity contribution is -0.148. The van der Waals surface area contributed by atoms with Crippen LogP contribution in [0.4, 0.5) is 10.6 Å².